The molecule has 0 aliphatic heterocycles. The van der Waals surface area contributed by atoms with Crippen LogP contribution in [0.15, 0.2) is 6.07 Å². The number of nitrogens with zero attached hydrogens (tertiary/aromatic N) is 2. The normalized spacial score (nSPS) is 13.1. The SMILES string of the molecule is CSCCCCNc1nc2c(cc1C#N)CCC2. The van der Waals surface area contributed by atoms with Crippen molar-refractivity contribution in [3.8, 4) is 6.07 Å². The first-order valence-electron chi connectivity index (χ1n) is 6.51. The number of aryl methyl sites for hydroxylation is 2. The van der Waals surface area contributed by atoms with Crippen molar-refractivity contribution in [1.29, 1.82) is 5.26 Å². The Bertz CT molecular complexity index is 451. The summed E-state index contributed by atoms with van der Waals surface area (Å²) in [4.78, 5) is 4.60. The van der Waals surface area contributed by atoms with Crippen LogP contribution in [0.1, 0.15) is 36.1 Å². The minimum Gasteiger partial charge on any atom is -0.369 e. The number of unbranched alkanes of at least 4 members (excludes halogenated alkanes) is 1. The third-order valence-corrected chi connectivity index (χ3v) is 3.94. The van der Waals surface area contributed by atoms with Gasteiger partial charge in [-0.25, -0.2) is 4.98 Å². The lowest BCUT2D eigenvalue weighted by atomic mass is 10.1. The number of thioether (sulfide) groups is 1. The van der Waals surface area contributed by atoms with Crippen molar-refractivity contribution in [1.82, 2.24) is 4.98 Å². The molecule has 0 atom stereocenters. The number of fused-ring (bicyclic) bond motifs is 1. The van der Waals surface area contributed by atoms with Crippen molar-refractivity contribution in [3.05, 3.63) is 22.9 Å². The van der Waals surface area contributed by atoms with Gasteiger partial charge in [-0.2, -0.15) is 17.0 Å². The van der Waals surface area contributed by atoms with Gasteiger partial charge in [0, 0.05) is 12.2 Å². The van der Waals surface area contributed by atoms with Crippen LogP contribution in [0.5, 0.6) is 0 Å². The van der Waals surface area contributed by atoms with Crippen molar-refractivity contribution in [3.63, 3.8) is 0 Å². The zero-order chi connectivity index (χ0) is 12.8. The fourth-order valence-corrected chi connectivity index (χ4v) is 2.76. The summed E-state index contributed by atoms with van der Waals surface area (Å²) in [5, 5.41) is 12.5. The summed E-state index contributed by atoms with van der Waals surface area (Å²) in [5.74, 6) is 1.98. The van der Waals surface area contributed by atoms with Gasteiger partial charge in [0.2, 0.25) is 0 Å². The molecule has 1 N–H and O–H groups in total. The molecule has 2 rings (SSSR count). The predicted molar refractivity (Wildman–Crippen MR) is 77.1 cm³/mol. The van der Waals surface area contributed by atoms with Crippen LogP contribution < -0.4 is 5.32 Å². The van der Waals surface area contributed by atoms with Gasteiger partial charge in [0.05, 0.1) is 5.56 Å². The summed E-state index contributed by atoms with van der Waals surface area (Å²) in [6.45, 7) is 0.904. The fraction of sp³-hybridized carbons (Fsp3) is 0.571. The van der Waals surface area contributed by atoms with E-state index >= 15 is 0 Å². The van der Waals surface area contributed by atoms with Gasteiger partial charge in [0.1, 0.15) is 11.9 Å². The van der Waals surface area contributed by atoms with E-state index in [0.29, 0.717) is 5.56 Å². The molecule has 4 heteroatoms. The van der Waals surface area contributed by atoms with Crippen molar-refractivity contribution >= 4 is 17.6 Å². The molecule has 0 fully saturated rings. The summed E-state index contributed by atoms with van der Waals surface area (Å²) in [7, 11) is 0. The summed E-state index contributed by atoms with van der Waals surface area (Å²) in [6.07, 6.45) is 7.77. The second-order valence-corrected chi connectivity index (χ2v) is 5.57. The molecule has 1 aliphatic rings. The maximum Gasteiger partial charge on any atom is 0.144 e. The minimum atomic E-state index is 0.695. The summed E-state index contributed by atoms with van der Waals surface area (Å²) < 4.78 is 0. The van der Waals surface area contributed by atoms with Crippen LogP contribution in [-0.2, 0) is 12.8 Å². The van der Waals surface area contributed by atoms with E-state index in [1.165, 1.54) is 29.9 Å². The smallest absolute Gasteiger partial charge is 0.144 e. The van der Waals surface area contributed by atoms with Crippen molar-refractivity contribution in [2.45, 2.75) is 32.1 Å². The lowest BCUT2D eigenvalue weighted by molar-refractivity contribution is 0.837. The standard InChI is InChI=1S/C14H19N3S/c1-18-8-3-2-7-16-14-12(10-15)9-11-5-4-6-13(11)17-14/h9H,2-8H2,1H3,(H,16,17). The number of anilines is 1. The number of nitriles is 1. The molecule has 0 unspecified atom stereocenters. The van der Waals surface area contributed by atoms with E-state index < -0.39 is 0 Å². The van der Waals surface area contributed by atoms with E-state index in [1.54, 1.807) is 0 Å². The molecule has 18 heavy (non-hydrogen) atoms. The second kappa shape index (κ2) is 6.65. The maximum absolute atomic E-state index is 9.16. The molecule has 0 saturated heterocycles. The monoisotopic (exact) mass is 261 g/mol. The van der Waals surface area contributed by atoms with E-state index in [1.807, 2.05) is 17.8 Å². The Morgan fingerprint density at radius 1 is 1.44 bits per heavy atom. The van der Waals surface area contributed by atoms with Gasteiger partial charge in [0.15, 0.2) is 0 Å². The first-order valence-corrected chi connectivity index (χ1v) is 7.90. The van der Waals surface area contributed by atoms with Crippen LogP contribution in [0, 0.1) is 11.3 Å². The van der Waals surface area contributed by atoms with Gasteiger partial charge in [-0.1, -0.05) is 0 Å². The van der Waals surface area contributed by atoms with Crippen LogP contribution in [0.4, 0.5) is 5.82 Å². The van der Waals surface area contributed by atoms with Gasteiger partial charge in [0.25, 0.3) is 0 Å². The number of pyridine rings is 1. The first-order chi connectivity index (χ1) is 8.85. The lowest BCUT2D eigenvalue weighted by Crippen LogP contribution is -2.07. The Kier molecular flexibility index (Phi) is 4.89. The molecule has 0 amide bonds. The molecule has 3 nitrogen and oxygen atoms in total. The molecule has 1 aliphatic carbocycles. The summed E-state index contributed by atoms with van der Waals surface area (Å²) in [6, 6.07) is 4.26. The highest BCUT2D eigenvalue weighted by Crippen LogP contribution is 2.24. The van der Waals surface area contributed by atoms with E-state index in [4.69, 9.17) is 5.26 Å². The molecule has 1 aromatic rings. The lowest BCUT2D eigenvalue weighted by Gasteiger charge is -2.09. The summed E-state index contributed by atoms with van der Waals surface area (Å²) in [5.41, 5.74) is 3.14. The van der Waals surface area contributed by atoms with Crippen LogP contribution in [-0.4, -0.2) is 23.5 Å². The Morgan fingerprint density at radius 3 is 3.11 bits per heavy atom. The third kappa shape index (κ3) is 3.17. The average Bonchev–Trinajstić information content (AvgIpc) is 2.84. The van der Waals surface area contributed by atoms with E-state index in [9.17, 15) is 0 Å². The minimum absolute atomic E-state index is 0.695. The quantitative estimate of drug-likeness (QED) is 0.800. The number of nitrogens with one attached hydrogen (secondary N) is 1. The topological polar surface area (TPSA) is 48.7 Å². The largest absolute Gasteiger partial charge is 0.369 e. The molecule has 0 aromatic carbocycles. The van der Waals surface area contributed by atoms with Crippen LogP contribution >= 0.6 is 11.8 Å². The molecule has 0 spiro atoms. The molecule has 0 bridgehead atoms. The van der Waals surface area contributed by atoms with Crippen LogP contribution in [0.2, 0.25) is 0 Å². The predicted octanol–water partition coefficient (Wildman–Crippen LogP) is 3.00. The van der Waals surface area contributed by atoms with Crippen LogP contribution in [0.3, 0.4) is 0 Å². The van der Waals surface area contributed by atoms with E-state index in [2.05, 4.69) is 22.6 Å². The molecule has 1 heterocycles. The molecule has 0 radical (unpaired) electrons. The highest BCUT2D eigenvalue weighted by molar-refractivity contribution is 7.98. The number of rotatable bonds is 6. The highest BCUT2D eigenvalue weighted by atomic mass is 32.2. The van der Waals surface area contributed by atoms with E-state index in [-0.39, 0.29) is 0 Å². The van der Waals surface area contributed by atoms with Gasteiger partial charge < -0.3 is 5.32 Å². The van der Waals surface area contributed by atoms with Crippen molar-refractivity contribution in [2.75, 3.05) is 23.9 Å². The number of aromatic nitrogens is 1. The third-order valence-electron chi connectivity index (χ3n) is 3.24. The molecular formula is C14H19N3S. The zero-order valence-electron chi connectivity index (χ0n) is 10.8. The Labute approximate surface area is 113 Å². The maximum atomic E-state index is 9.16. The highest BCUT2D eigenvalue weighted by Gasteiger charge is 2.15. The van der Waals surface area contributed by atoms with Gasteiger partial charge in [-0.3, -0.25) is 0 Å². The second-order valence-electron chi connectivity index (χ2n) is 4.58. The van der Waals surface area contributed by atoms with Crippen molar-refractivity contribution < 1.29 is 0 Å². The van der Waals surface area contributed by atoms with Gasteiger partial charge >= 0.3 is 0 Å². The molecule has 1 aromatic heterocycles. The van der Waals surface area contributed by atoms with Crippen molar-refractivity contribution in [2.24, 2.45) is 0 Å². The Morgan fingerprint density at radius 2 is 2.33 bits per heavy atom. The fourth-order valence-electron chi connectivity index (χ4n) is 2.27. The Hall–Kier alpha value is -1.21. The molecular weight excluding hydrogens is 242 g/mol. The molecule has 0 saturated carbocycles. The van der Waals surface area contributed by atoms with Crippen LogP contribution in [0.25, 0.3) is 0 Å². The van der Waals surface area contributed by atoms with E-state index in [0.717, 1.165) is 31.6 Å². The van der Waals surface area contributed by atoms with Gasteiger partial charge in [-0.15, -0.1) is 0 Å². The number of hydrogen-bond acceptors (Lipinski definition) is 4. The Balaban J connectivity index is 1.97. The summed E-state index contributed by atoms with van der Waals surface area (Å²) >= 11 is 1.88. The molecule has 96 valence electrons. The average molecular weight is 261 g/mol. The zero-order valence-corrected chi connectivity index (χ0v) is 11.6. The van der Waals surface area contributed by atoms with Gasteiger partial charge in [-0.05, 0) is 55.7 Å². The number of hydrogen-bond donors (Lipinski definition) is 1. The first kappa shape index (κ1) is 13.2.